The molecule has 1 fully saturated rings. The number of carbonyl (C=O) groups is 1. The quantitative estimate of drug-likeness (QED) is 0.267. The smallest absolute Gasteiger partial charge is 0.406 e. The number of fused-ring (bicyclic) bond motifs is 1. The van der Waals surface area contributed by atoms with E-state index in [0.717, 1.165) is 36.8 Å². The van der Waals surface area contributed by atoms with E-state index in [1.165, 1.54) is 11.7 Å². The lowest BCUT2D eigenvalue weighted by Crippen LogP contribution is -2.34. The minimum Gasteiger partial charge on any atom is -0.495 e. The SMILES string of the molecule is CCNC(=O)c1ccc(NCC#Cc2cc3c(NC4CCC(NC)CC4)cccc3n2CC(F)(F)F)c(OC)c1. The first-order valence-electron chi connectivity index (χ1n) is 13.5. The second kappa shape index (κ2) is 13.0. The summed E-state index contributed by atoms with van der Waals surface area (Å²) in [6.07, 6.45) is -0.284. The zero-order chi connectivity index (χ0) is 28.7. The number of rotatable bonds is 9. The first-order chi connectivity index (χ1) is 19.2. The van der Waals surface area contributed by atoms with Crippen LogP contribution in [0.15, 0.2) is 42.5 Å². The summed E-state index contributed by atoms with van der Waals surface area (Å²) in [5.41, 5.74) is 2.70. The molecule has 0 radical (unpaired) electrons. The number of hydrogen-bond donors (Lipinski definition) is 4. The molecule has 7 nitrogen and oxygen atoms in total. The van der Waals surface area contributed by atoms with E-state index < -0.39 is 12.7 Å². The molecular weight excluding hydrogens is 519 g/mol. The van der Waals surface area contributed by atoms with Gasteiger partial charge >= 0.3 is 6.18 Å². The van der Waals surface area contributed by atoms with Crippen molar-refractivity contribution >= 4 is 28.2 Å². The fourth-order valence-electron chi connectivity index (χ4n) is 5.13. The number of halogens is 3. The van der Waals surface area contributed by atoms with Crippen LogP contribution >= 0.6 is 0 Å². The molecule has 1 heterocycles. The number of aromatic nitrogens is 1. The molecular formula is C30H36F3N5O2. The Labute approximate surface area is 232 Å². The molecule has 1 amide bonds. The van der Waals surface area contributed by atoms with Crippen LogP contribution in [-0.4, -0.2) is 56.0 Å². The van der Waals surface area contributed by atoms with E-state index in [0.29, 0.717) is 40.8 Å². The second-order valence-corrected chi connectivity index (χ2v) is 9.88. The summed E-state index contributed by atoms with van der Waals surface area (Å²) < 4.78 is 47.3. The van der Waals surface area contributed by atoms with Crippen LogP contribution in [0.3, 0.4) is 0 Å². The third-order valence-electron chi connectivity index (χ3n) is 7.16. The summed E-state index contributed by atoms with van der Waals surface area (Å²) in [6, 6.07) is 12.9. The fraction of sp³-hybridized carbons (Fsp3) is 0.433. The number of anilines is 2. The lowest BCUT2D eigenvalue weighted by molar-refractivity contribution is -0.140. The number of nitrogens with one attached hydrogen (secondary N) is 4. The summed E-state index contributed by atoms with van der Waals surface area (Å²) in [6.45, 7) is 1.40. The van der Waals surface area contributed by atoms with Crippen molar-refractivity contribution in [2.75, 3.05) is 37.9 Å². The number of amides is 1. The van der Waals surface area contributed by atoms with Crippen LogP contribution in [0.2, 0.25) is 0 Å². The zero-order valence-corrected chi connectivity index (χ0v) is 23.0. The van der Waals surface area contributed by atoms with E-state index in [4.69, 9.17) is 4.74 Å². The van der Waals surface area contributed by atoms with Gasteiger partial charge in [-0.15, -0.1) is 0 Å². The van der Waals surface area contributed by atoms with Crippen LogP contribution in [0.1, 0.15) is 48.7 Å². The molecule has 1 aliphatic rings. The van der Waals surface area contributed by atoms with Crippen molar-refractivity contribution in [1.29, 1.82) is 0 Å². The summed E-state index contributed by atoms with van der Waals surface area (Å²) in [5, 5.41) is 13.5. The monoisotopic (exact) mass is 555 g/mol. The molecule has 0 unspecified atom stereocenters. The molecule has 3 aromatic rings. The molecule has 1 saturated carbocycles. The number of benzene rings is 2. The third-order valence-corrected chi connectivity index (χ3v) is 7.16. The van der Waals surface area contributed by atoms with Crippen molar-refractivity contribution in [2.24, 2.45) is 0 Å². The minimum absolute atomic E-state index is 0.171. The van der Waals surface area contributed by atoms with Gasteiger partial charge in [-0.3, -0.25) is 4.79 Å². The van der Waals surface area contributed by atoms with E-state index >= 15 is 0 Å². The van der Waals surface area contributed by atoms with Gasteiger partial charge in [0.2, 0.25) is 0 Å². The van der Waals surface area contributed by atoms with Gasteiger partial charge in [-0.05, 0) is 82.0 Å². The lowest BCUT2D eigenvalue weighted by atomic mass is 9.91. The van der Waals surface area contributed by atoms with E-state index in [9.17, 15) is 18.0 Å². The number of ether oxygens (including phenoxy) is 1. The molecule has 0 spiro atoms. The molecule has 0 bridgehead atoms. The molecule has 214 valence electrons. The van der Waals surface area contributed by atoms with Gasteiger partial charge in [-0.2, -0.15) is 13.2 Å². The number of carbonyl (C=O) groups excluding carboxylic acids is 1. The summed E-state index contributed by atoms with van der Waals surface area (Å²) in [5.74, 6) is 6.14. The Hall–Kier alpha value is -3.84. The van der Waals surface area contributed by atoms with Gasteiger partial charge in [-0.25, -0.2) is 0 Å². The van der Waals surface area contributed by atoms with Gasteiger partial charge in [0.15, 0.2) is 0 Å². The molecule has 4 rings (SSSR count). The van der Waals surface area contributed by atoms with Crippen LogP contribution in [0.4, 0.5) is 24.5 Å². The van der Waals surface area contributed by atoms with Gasteiger partial charge in [0.1, 0.15) is 12.3 Å². The number of alkyl halides is 3. The van der Waals surface area contributed by atoms with Gasteiger partial charge in [0.05, 0.1) is 30.6 Å². The highest BCUT2D eigenvalue weighted by Gasteiger charge is 2.30. The van der Waals surface area contributed by atoms with Crippen LogP contribution in [0.25, 0.3) is 10.9 Å². The van der Waals surface area contributed by atoms with Crippen LogP contribution in [0.5, 0.6) is 5.75 Å². The molecule has 0 atom stereocenters. The maximum atomic E-state index is 13.6. The standard InChI is InChI=1S/C30H36F3N5O2/c1-4-35-29(39)20-10-15-26(28(17-20)40-3)36-16-6-7-23-18-24-25(37-22-13-11-21(34-2)12-14-22)8-5-9-27(24)38(23)19-30(31,32)33/h5,8-10,15,17-18,21-22,34,36-37H,4,11-14,16,19H2,1-3H3,(H,35,39). The van der Waals surface area contributed by atoms with Gasteiger partial charge < -0.3 is 30.6 Å². The molecule has 0 saturated heterocycles. The molecule has 10 heteroatoms. The fourth-order valence-corrected chi connectivity index (χ4v) is 5.13. The number of nitrogens with zero attached hydrogens (tertiary/aromatic N) is 1. The van der Waals surface area contributed by atoms with Crippen LogP contribution < -0.4 is 26.0 Å². The van der Waals surface area contributed by atoms with E-state index in [1.54, 1.807) is 36.4 Å². The molecule has 2 aromatic carbocycles. The summed E-state index contributed by atoms with van der Waals surface area (Å²) >= 11 is 0. The Balaban J connectivity index is 1.55. The zero-order valence-electron chi connectivity index (χ0n) is 23.0. The van der Waals surface area contributed by atoms with E-state index in [2.05, 4.69) is 33.1 Å². The molecule has 1 aliphatic carbocycles. The molecule has 1 aromatic heterocycles. The Morgan fingerprint density at radius 1 is 1.07 bits per heavy atom. The van der Waals surface area contributed by atoms with Crippen molar-refractivity contribution in [3.8, 4) is 17.6 Å². The van der Waals surface area contributed by atoms with Gasteiger partial charge in [0, 0.05) is 35.3 Å². The average molecular weight is 556 g/mol. The number of hydrogen-bond acceptors (Lipinski definition) is 5. The Kier molecular flexibility index (Phi) is 9.48. The summed E-state index contributed by atoms with van der Waals surface area (Å²) in [4.78, 5) is 12.1. The molecule has 0 aliphatic heterocycles. The predicted octanol–water partition coefficient (Wildman–Crippen LogP) is 5.37. The molecule has 40 heavy (non-hydrogen) atoms. The highest BCUT2D eigenvalue weighted by atomic mass is 19.4. The Morgan fingerprint density at radius 2 is 1.82 bits per heavy atom. The Morgan fingerprint density at radius 3 is 2.50 bits per heavy atom. The highest BCUT2D eigenvalue weighted by Crippen LogP contribution is 2.32. The van der Waals surface area contributed by atoms with Crippen molar-refractivity contribution in [2.45, 2.75) is 57.4 Å². The van der Waals surface area contributed by atoms with Crippen LogP contribution in [0, 0.1) is 11.8 Å². The van der Waals surface area contributed by atoms with Crippen molar-refractivity contribution < 1.29 is 22.7 Å². The summed E-state index contributed by atoms with van der Waals surface area (Å²) in [7, 11) is 3.47. The Bertz CT molecular complexity index is 1380. The highest BCUT2D eigenvalue weighted by molar-refractivity contribution is 5.95. The second-order valence-electron chi connectivity index (χ2n) is 9.88. The van der Waals surface area contributed by atoms with Crippen molar-refractivity contribution in [1.82, 2.24) is 15.2 Å². The van der Waals surface area contributed by atoms with Crippen LogP contribution in [-0.2, 0) is 6.54 Å². The minimum atomic E-state index is -4.39. The van der Waals surface area contributed by atoms with E-state index in [-0.39, 0.29) is 18.5 Å². The van der Waals surface area contributed by atoms with E-state index in [1.807, 2.05) is 20.0 Å². The van der Waals surface area contributed by atoms with Gasteiger partial charge in [-0.1, -0.05) is 12.0 Å². The predicted molar refractivity (Wildman–Crippen MR) is 153 cm³/mol. The lowest BCUT2D eigenvalue weighted by Gasteiger charge is -2.29. The maximum absolute atomic E-state index is 13.6. The largest absolute Gasteiger partial charge is 0.495 e. The average Bonchev–Trinajstić information content (AvgIpc) is 3.28. The van der Waals surface area contributed by atoms with Crippen molar-refractivity contribution in [3.05, 3.63) is 53.7 Å². The van der Waals surface area contributed by atoms with Gasteiger partial charge in [0.25, 0.3) is 5.91 Å². The third kappa shape index (κ3) is 7.21. The number of methoxy groups -OCH3 is 1. The maximum Gasteiger partial charge on any atom is 0.406 e. The normalized spacial score (nSPS) is 17.1. The topological polar surface area (TPSA) is 79.4 Å². The first-order valence-corrected chi connectivity index (χ1v) is 13.5. The first kappa shape index (κ1) is 29.2. The van der Waals surface area contributed by atoms with Crippen molar-refractivity contribution in [3.63, 3.8) is 0 Å². The molecule has 4 N–H and O–H groups in total.